The van der Waals surface area contributed by atoms with Gasteiger partial charge in [-0.3, -0.25) is 9.59 Å². The quantitative estimate of drug-likeness (QED) is 0.647. The van der Waals surface area contributed by atoms with Gasteiger partial charge in [-0.1, -0.05) is 11.6 Å². The average molecular weight is 462 g/mol. The number of carbonyl (C=O) groups is 2. The van der Waals surface area contributed by atoms with E-state index in [-0.39, 0.29) is 46.0 Å². The molecule has 0 unspecified atom stereocenters. The molecule has 1 aromatic heterocycles. The predicted octanol–water partition coefficient (Wildman–Crippen LogP) is 4.11. The molecule has 1 aromatic carbocycles. The summed E-state index contributed by atoms with van der Waals surface area (Å²) >= 11 is 5.66. The van der Waals surface area contributed by atoms with Crippen molar-refractivity contribution in [1.82, 2.24) is 15.6 Å². The lowest BCUT2D eigenvalue weighted by Gasteiger charge is -2.53. The number of nitrogens with one attached hydrogen (secondary N) is 2. The zero-order valence-corrected chi connectivity index (χ0v) is 18.3. The maximum Gasteiger partial charge on any atom is 0.289 e. The lowest BCUT2D eigenvalue weighted by atomic mass is 9.61. The number of oxazole rings is 1. The molecular formula is C23H25ClFN3O4. The van der Waals surface area contributed by atoms with Gasteiger partial charge in [-0.05, 0) is 63.5 Å². The van der Waals surface area contributed by atoms with Crippen molar-refractivity contribution in [2.75, 3.05) is 6.61 Å². The van der Waals surface area contributed by atoms with Crippen LogP contribution in [0.3, 0.4) is 0 Å². The van der Waals surface area contributed by atoms with Gasteiger partial charge in [0.15, 0.2) is 12.5 Å². The Hall–Kier alpha value is -2.61. The highest BCUT2D eigenvalue weighted by molar-refractivity contribution is 6.30. The second-order valence-electron chi connectivity index (χ2n) is 9.26. The minimum absolute atomic E-state index is 0.00680. The molecular weight excluding hydrogens is 437 g/mol. The van der Waals surface area contributed by atoms with Crippen molar-refractivity contribution in [2.45, 2.75) is 68.4 Å². The van der Waals surface area contributed by atoms with Crippen LogP contribution in [0.2, 0.25) is 5.02 Å². The Morgan fingerprint density at radius 3 is 2.41 bits per heavy atom. The summed E-state index contributed by atoms with van der Waals surface area (Å²) in [6, 6.07) is 4.08. The van der Waals surface area contributed by atoms with Gasteiger partial charge in [-0.15, -0.1) is 0 Å². The summed E-state index contributed by atoms with van der Waals surface area (Å²) in [5.41, 5.74) is -0.559. The number of fused-ring (bicyclic) bond motifs is 3. The fourth-order valence-corrected chi connectivity index (χ4v) is 4.94. The number of halogens is 2. The number of nitrogens with zero attached hydrogens (tertiary/aromatic N) is 1. The van der Waals surface area contributed by atoms with Gasteiger partial charge in [-0.25, -0.2) is 9.37 Å². The van der Waals surface area contributed by atoms with Crippen LogP contribution in [0.25, 0.3) is 0 Å². The van der Waals surface area contributed by atoms with E-state index in [4.69, 9.17) is 20.8 Å². The van der Waals surface area contributed by atoms with E-state index in [1.54, 1.807) is 0 Å². The van der Waals surface area contributed by atoms with Crippen LogP contribution in [-0.4, -0.2) is 34.5 Å². The van der Waals surface area contributed by atoms with E-state index in [0.717, 1.165) is 57.4 Å². The highest BCUT2D eigenvalue weighted by Crippen LogP contribution is 2.47. The number of carbonyl (C=O) groups excluding carboxylic acids is 2. The van der Waals surface area contributed by atoms with Crippen LogP contribution >= 0.6 is 11.6 Å². The summed E-state index contributed by atoms with van der Waals surface area (Å²) in [7, 11) is 0. The zero-order chi connectivity index (χ0) is 22.3. The van der Waals surface area contributed by atoms with Gasteiger partial charge in [0.05, 0.1) is 11.2 Å². The van der Waals surface area contributed by atoms with E-state index in [2.05, 4.69) is 15.6 Å². The van der Waals surface area contributed by atoms with Gasteiger partial charge in [-0.2, -0.15) is 0 Å². The Kier molecular flexibility index (Phi) is 5.35. The lowest BCUT2D eigenvalue weighted by molar-refractivity contribution is -0.126. The first-order valence-corrected chi connectivity index (χ1v) is 11.4. The summed E-state index contributed by atoms with van der Waals surface area (Å²) in [5.74, 6) is 0.504. The largest absolute Gasteiger partial charge is 0.484 e. The monoisotopic (exact) mass is 461 g/mol. The topological polar surface area (TPSA) is 93.5 Å². The molecule has 4 aliphatic rings. The van der Waals surface area contributed by atoms with E-state index in [1.165, 1.54) is 18.3 Å². The van der Waals surface area contributed by atoms with Gasteiger partial charge in [0.2, 0.25) is 5.76 Å². The van der Waals surface area contributed by atoms with Gasteiger partial charge in [0.1, 0.15) is 11.6 Å². The number of aromatic nitrogens is 1. The van der Waals surface area contributed by atoms with Gasteiger partial charge < -0.3 is 19.8 Å². The first kappa shape index (κ1) is 21.2. The Balaban J connectivity index is 1.13. The molecule has 2 N–H and O–H groups in total. The first-order chi connectivity index (χ1) is 15.4. The molecule has 32 heavy (non-hydrogen) atoms. The van der Waals surface area contributed by atoms with Crippen LogP contribution in [0, 0.1) is 5.82 Å². The smallest absolute Gasteiger partial charge is 0.289 e. The number of hydrogen-bond acceptors (Lipinski definition) is 5. The van der Waals surface area contributed by atoms with Gasteiger partial charge >= 0.3 is 0 Å². The van der Waals surface area contributed by atoms with Crippen molar-refractivity contribution in [3.8, 4) is 5.75 Å². The molecule has 9 heteroatoms. The molecule has 7 nitrogen and oxygen atoms in total. The molecule has 0 atom stereocenters. The number of hydrogen-bond donors (Lipinski definition) is 2. The van der Waals surface area contributed by atoms with E-state index in [1.807, 2.05) is 0 Å². The van der Waals surface area contributed by atoms with Crippen molar-refractivity contribution < 1.29 is 23.1 Å². The maximum atomic E-state index is 13.5. The van der Waals surface area contributed by atoms with Gasteiger partial charge in [0.25, 0.3) is 11.8 Å². The second kappa shape index (κ2) is 8.06. The molecule has 0 spiro atoms. The minimum atomic E-state index is -0.588. The highest BCUT2D eigenvalue weighted by atomic mass is 35.5. The number of amides is 2. The summed E-state index contributed by atoms with van der Waals surface area (Å²) in [4.78, 5) is 29.4. The second-order valence-corrected chi connectivity index (χ2v) is 9.67. The molecule has 0 saturated heterocycles. The van der Waals surface area contributed by atoms with Crippen molar-refractivity contribution >= 4 is 23.4 Å². The average Bonchev–Trinajstić information content (AvgIpc) is 3.52. The van der Waals surface area contributed by atoms with E-state index in [0.29, 0.717) is 11.8 Å². The highest BCUT2D eigenvalue weighted by Gasteiger charge is 2.50. The molecule has 4 aliphatic carbocycles. The van der Waals surface area contributed by atoms with Crippen molar-refractivity contribution in [3.63, 3.8) is 0 Å². The molecule has 170 valence electrons. The van der Waals surface area contributed by atoms with Crippen molar-refractivity contribution in [1.29, 1.82) is 0 Å². The summed E-state index contributed by atoms with van der Waals surface area (Å²) in [6.45, 7) is -0.195. The molecule has 2 amide bonds. The van der Waals surface area contributed by atoms with Crippen LogP contribution in [0.5, 0.6) is 5.75 Å². The normalized spacial score (nSPS) is 26.6. The summed E-state index contributed by atoms with van der Waals surface area (Å²) in [5, 5.41) is 6.30. The lowest BCUT2D eigenvalue weighted by Crippen LogP contribution is -2.64. The van der Waals surface area contributed by atoms with E-state index >= 15 is 0 Å². The number of benzene rings is 1. The summed E-state index contributed by atoms with van der Waals surface area (Å²) < 4.78 is 24.6. The molecule has 6 rings (SSSR count). The Morgan fingerprint density at radius 2 is 1.78 bits per heavy atom. The SMILES string of the molecule is O=C(COc1ccc(Cl)c(F)c1)NC12CCC(NC(=O)c3cnc(C4CC4)o3)(CC1)CC2. The third kappa shape index (κ3) is 4.33. The van der Waals surface area contributed by atoms with Crippen molar-refractivity contribution in [2.24, 2.45) is 0 Å². The van der Waals surface area contributed by atoms with Crippen molar-refractivity contribution in [3.05, 3.63) is 46.9 Å². The van der Waals surface area contributed by atoms with E-state index < -0.39 is 5.82 Å². The molecule has 0 aliphatic heterocycles. The fraction of sp³-hybridized carbons (Fsp3) is 0.522. The van der Waals surface area contributed by atoms with E-state index in [9.17, 15) is 14.0 Å². The van der Waals surface area contributed by atoms with Crippen LogP contribution < -0.4 is 15.4 Å². The molecule has 4 saturated carbocycles. The van der Waals surface area contributed by atoms with Crippen LogP contribution in [0.15, 0.2) is 28.8 Å². The third-order valence-electron chi connectivity index (χ3n) is 6.96. The number of rotatable bonds is 7. The third-order valence-corrected chi connectivity index (χ3v) is 7.27. The Bertz CT molecular complexity index is 1030. The predicted molar refractivity (Wildman–Crippen MR) is 114 cm³/mol. The van der Waals surface area contributed by atoms with Crippen LogP contribution in [0.1, 0.15) is 73.7 Å². The fourth-order valence-electron chi connectivity index (χ4n) is 4.82. The standard InChI is InChI=1S/C23H25ClFN3O4/c24-16-4-3-15(11-17(16)25)31-13-19(29)27-22-5-8-23(9-6-22,10-7-22)28-20(30)18-12-26-21(32-18)14-1-2-14/h3-4,11-12,14H,1-2,5-10,13H2,(H,27,29)(H,28,30). The number of ether oxygens (including phenoxy) is 1. The Labute approximate surface area is 190 Å². The zero-order valence-electron chi connectivity index (χ0n) is 17.6. The molecule has 0 radical (unpaired) electrons. The Morgan fingerprint density at radius 1 is 1.12 bits per heavy atom. The molecule has 4 fully saturated rings. The van der Waals surface area contributed by atoms with Gasteiger partial charge in [0, 0.05) is 23.1 Å². The van der Waals surface area contributed by atoms with Crippen LogP contribution in [0.4, 0.5) is 4.39 Å². The molecule has 2 aromatic rings. The minimum Gasteiger partial charge on any atom is -0.484 e. The summed E-state index contributed by atoms with van der Waals surface area (Å²) in [6.07, 6.45) is 8.34. The van der Waals surface area contributed by atoms with Crippen LogP contribution in [-0.2, 0) is 4.79 Å². The maximum absolute atomic E-state index is 13.5. The molecule has 1 heterocycles. The first-order valence-electron chi connectivity index (χ1n) is 11.0. The molecule has 2 bridgehead atoms.